The van der Waals surface area contributed by atoms with Gasteiger partial charge in [0.2, 0.25) is 5.71 Å². The molecule has 1 saturated carbocycles. The standard InChI is InChI=1S/C27H23FN4O3S/c1-36(33,34)21-12-11-20(13-21)32-15-23(25(31-32)18-7-9-19(28)10-8-18)26-22-14-24(17-5-3-2-4-6-17)35-27(22)30-16-29-26/h2-10,14-16,20-21H,11-13H2,1H3/t20-,21+/m0/s1. The molecule has 6 rings (SSSR count). The number of halogens is 1. The lowest BCUT2D eigenvalue weighted by molar-refractivity contribution is 0.467. The summed E-state index contributed by atoms with van der Waals surface area (Å²) in [5, 5.41) is 5.22. The molecule has 3 aromatic heterocycles. The first-order valence-electron chi connectivity index (χ1n) is 11.7. The van der Waals surface area contributed by atoms with Crippen molar-refractivity contribution < 1.29 is 17.2 Å². The number of nitrogens with zero attached hydrogens (tertiary/aromatic N) is 4. The van der Waals surface area contributed by atoms with Crippen LogP contribution in [0.2, 0.25) is 0 Å². The summed E-state index contributed by atoms with van der Waals surface area (Å²) < 4.78 is 45.8. The van der Waals surface area contributed by atoms with Gasteiger partial charge in [-0.2, -0.15) is 5.10 Å². The van der Waals surface area contributed by atoms with Gasteiger partial charge >= 0.3 is 0 Å². The summed E-state index contributed by atoms with van der Waals surface area (Å²) in [6.07, 6.45) is 6.47. The predicted molar refractivity (Wildman–Crippen MR) is 135 cm³/mol. The average Bonchev–Trinajstić information content (AvgIpc) is 3.62. The number of furan rings is 1. The van der Waals surface area contributed by atoms with Gasteiger partial charge in [0.05, 0.1) is 22.4 Å². The third-order valence-corrected chi connectivity index (χ3v) is 8.47. The number of sulfone groups is 1. The highest BCUT2D eigenvalue weighted by atomic mass is 32.2. The molecular weight excluding hydrogens is 479 g/mol. The Hall–Kier alpha value is -3.85. The van der Waals surface area contributed by atoms with Crippen molar-refractivity contribution in [3.63, 3.8) is 0 Å². The molecule has 1 fully saturated rings. The second kappa shape index (κ2) is 8.67. The minimum absolute atomic E-state index is 0.0563. The maximum Gasteiger partial charge on any atom is 0.230 e. The maximum atomic E-state index is 13.7. The topological polar surface area (TPSA) is 90.9 Å². The third-order valence-electron chi connectivity index (χ3n) is 6.83. The molecule has 0 unspecified atom stereocenters. The molecule has 0 bridgehead atoms. The van der Waals surface area contributed by atoms with E-state index >= 15 is 0 Å². The first-order chi connectivity index (χ1) is 17.4. The molecule has 7 nitrogen and oxygen atoms in total. The fraction of sp³-hybridized carbons (Fsp3) is 0.222. The number of rotatable bonds is 5. The van der Waals surface area contributed by atoms with Crippen LogP contribution >= 0.6 is 0 Å². The Labute approximate surface area is 207 Å². The van der Waals surface area contributed by atoms with Crippen LogP contribution < -0.4 is 0 Å². The minimum atomic E-state index is -3.12. The van der Waals surface area contributed by atoms with Crippen LogP contribution in [0.25, 0.3) is 44.9 Å². The number of hydrogen-bond acceptors (Lipinski definition) is 6. The number of hydrogen-bond donors (Lipinski definition) is 0. The largest absolute Gasteiger partial charge is 0.438 e. The summed E-state index contributed by atoms with van der Waals surface area (Å²) in [5.74, 6) is 0.341. The van der Waals surface area contributed by atoms with Crippen molar-refractivity contribution in [2.24, 2.45) is 0 Å². The van der Waals surface area contributed by atoms with E-state index in [0.717, 1.165) is 22.1 Å². The van der Waals surface area contributed by atoms with Crippen LogP contribution in [0.4, 0.5) is 4.39 Å². The van der Waals surface area contributed by atoms with Crippen LogP contribution in [0.1, 0.15) is 25.3 Å². The van der Waals surface area contributed by atoms with Gasteiger partial charge in [0.25, 0.3) is 0 Å². The van der Waals surface area contributed by atoms with Crippen molar-refractivity contribution in [3.05, 3.63) is 79.0 Å². The monoisotopic (exact) mass is 502 g/mol. The highest BCUT2D eigenvalue weighted by molar-refractivity contribution is 7.91. The molecule has 2 aromatic carbocycles. The number of benzene rings is 2. The molecule has 0 radical (unpaired) electrons. The van der Waals surface area contributed by atoms with E-state index in [2.05, 4.69) is 9.97 Å². The molecule has 1 aliphatic rings. The lowest BCUT2D eigenvalue weighted by Gasteiger charge is -2.10. The maximum absolute atomic E-state index is 13.7. The molecule has 5 aromatic rings. The van der Waals surface area contributed by atoms with Crippen molar-refractivity contribution in [3.8, 4) is 33.8 Å². The molecule has 182 valence electrons. The molecule has 0 aliphatic heterocycles. The molecule has 36 heavy (non-hydrogen) atoms. The Morgan fingerprint density at radius 2 is 1.75 bits per heavy atom. The average molecular weight is 503 g/mol. The van der Waals surface area contributed by atoms with Gasteiger partial charge in [-0.05, 0) is 49.6 Å². The van der Waals surface area contributed by atoms with Gasteiger partial charge in [0.15, 0.2) is 0 Å². The van der Waals surface area contributed by atoms with E-state index in [1.807, 2.05) is 47.3 Å². The summed E-state index contributed by atoms with van der Waals surface area (Å²) in [7, 11) is -3.12. The molecule has 1 aliphatic carbocycles. The zero-order valence-electron chi connectivity index (χ0n) is 19.5. The van der Waals surface area contributed by atoms with Crippen molar-refractivity contribution in [2.45, 2.75) is 30.6 Å². The van der Waals surface area contributed by atoms with Crippen molar-refractivity contribution in [2.75, 3.05) is 6.26 Å². The van der Waals surface area contributed by atoms with E-state index in [-0.39, 0.29) is 17.1 Å². The zero-order chi connectivity index (χ0) is 24.9. The molecule has 9 heteroatoms. The van der Waals surface area contributed by atoms with Crippen LogP contribution in [0.15, 0.2) is 77.6 Å². The van der Waals surface area contributed by atoms with Crippen molar-refractivity contribution >= 4 is 20.9 Å². The molecule has 0 saturated heterocycles. The first-order valence-corrected chi connectivity index (χ1v) is 13.7. The van der Waals surface area contributed by atoms with Gasteiger partial charge in [0.1, 0.15) is 33.4 Å². The van der Waals surface area contributed by atoms with Crippen LogP contribution in [0.3, 0.4) is 0 Å². The fourth-order valence-electron chi connectivity index (χ4n) is 4.93. The van der Waals surface area contributed by atoms with E-state index in [1.165, 1.54) is 24.7 Å². The fourth-order valence-corrected chi connectivity index (χ4v) is 6.07. The Balaban J connectivity index is 1.49. The van der Waals surface area contributed by atoms with Crippen molar-refractivity contribution in [1.29, 1.82) is 0 Å². The van der Waals surface area contributed by atoms with Gasteiger partial charge in [-0.15, -0.1) is 0 Å². The van der Waals surface area contributed by atoms with Gasteiger partial charge in [-0.25, -0.2) is 22.8 Å². The molecule has 0 amide bonds. The Morgan fingerprint density at radius 3 is 2.47 bits per heavy atom. The van der Waals surface area contributed by atoms with Crippen LogP contribution in [-0.4, -0.2) is 39.7 Å². The molecular formula is C27H23FN4O3S. The summed E-state index contributed by atoms with van der Waals surface area (Å²) in [6.45, 7) is 0. The quantitative estimate of drug-likeness (QED) is 0.306. The molecule has 0 N–H and O–H groups in total. The molecule has 3 heterocycles. The molecule has 2 atom stereocenters. The summed E-state index contributed by atoms with van der Waals surface area (Å²) in [4.78, 5) is 8.92. The first kappa shape index (κ1) is 22.6. The number of fused-ring (bicyclic) bond motifs is 1. The van der Waals surface area contributed by atoms with Gasteiger partial charge in [-0.1, -0.05) is 30.3 Å². The smallest absolute Gasteiger partial charge is 0.230 e. The second-order valence-electron chi connectivity index (χ2n) is 9.21. The third kappa shape index (κ3) is 4.09. The summed E-state index contributed by atoms with van der Waals surface area (Å²) >= 11 is 0. The number of aromatic nitrogens is 4. The van der Waals surface area contributed by atoms with Crippen molar-refractivity contribution in [1.82, 2.24) is 19.7 Å². The van der Waals surface area contributed by atoms with Crippen LogP contribution in [-0.2, 0) is 9.84 Å². The Morgan fingerprint density at radius 1 is 0.972 bits per heavy atom. The minimum Gasteiger partial charge on any atom is -0.438 e. The second-order valence-corrected chi connectivity index (χ2v) is 11.5. The lowest BCUT2D eigenvalue weighted by atomic mass is 10.0. The SMILES string of the molecule is CS(=O)(=O)[C@@H]1CC[C@H](n2cc(-c3ncnc4oc(-c5ccccc5)cc34)c(-c3ccc(F)cc3)n2)C1. The highest BCUT2D eigenvalue weighted by Crippen LogP contribution is 2.40. The van der Waals surface area contributed by atoms with Gasteiger partial charge in [-0.3, -0.25) is 4.68 Å². The summed E-state index contributed by atoms with van der Waals surface area (Å²) in [6, 6.07) is 17.8. The zero-order valence-corrected chi connectivity index (χ0v) is 20.3. The normalized spacial score (nSPS) is 18.2. The van der Waals surface area contributed by atoms with E-state index in [0.29, 0.717) is 42.1 Å². The van der Waals surface area contributed by atoms with E-state index < -0.39 is 9.84 Å². The summed E-state index contributed by atoms with van der Waals surface area (Å²) in [5.41, 5.74) is 4.15. The van der Waals surface area contributed by atoms with E-state index in [1.54, 1.807) is 12.1 Å². The van der Waals surface area contributed by atoms with Crippen LogP contribution in [0.5, 0.6) is 0 Å². The molecule has 0 spiro atoms. The Kier molecular flexibility index (Phi) is 5.44. The van der Waals surface area contributed by atoms with Crippen LogP contribution in [0, 0.1) is 5.82 Å². The predicted octanol–water partition coefficient (Wildman–Crippen LogP) is 5.70. The van der Waals surface area contributed by atoms with Gasteiger partial charge < -0.3 is 4.42 Å². The van der Waals surface area contributed by atoms with Gasteiger partial charge in [0, 0.05) is 29.1 Å². The van der Waals surface area contributed by atoms with E-state index in [9.17, 15) is 12.8 Å². The van der Waals surface area contributed by atoms with E-state index in [4.69, 9.17) is 9.52 Å². The highest BCUT2D eigenvalue weighted by Gasteiger charge is 2.33. The Bertz CT molecular complexity index is 1660. The lowest BCUT2D eigenvalue weighted by Crippen LogP contribution is -2.17.